The molecule has 166 valence electrons. The highest BCUT2D eigenvalue weighted by molar-refractivity contribution is 6.30. The lowest BCUT2D eigenvalue weighted by Crippen LogP contribution is -2.24. The molecule has 4 rings (SSSR count). The predicted molar refractivity (Wildman–Crippen MR) is 124 cm³/mol. The number of ether oxygens (including phenoxy) is 2. The lowest BCUT2D eigenvalue weighted by molar-refractivity contribution is 0.351. The molecule has 0 bridgehead atoms. The summed E-state index contributed by atoms with van der Waals surface area (Å²) < 4.78 is 12.3. The SMILES string of the molecule is COc1ncc(C2=C(C)C(c3ccc(Cl)cc3)C(c3cc(C)c(=O)n(C)c3)N2)c(OC)n1. The van der Waals surface area contributed by atoms with Crippen LogP contribution < -0.4 is 20.3 Å². The van der Waals surface area contributed by atoms with Crippen molar-refractivity contribution in [3.05, 3.63) is 85.9 Å². The van der Waals surface area contributed by atoms with Gasteiger partial charge < -0.3 is 19.4 Å². The summed E-state index contributed by atoms with van der Waals surface area (Å²) in [7, 11) is 4.86. The minimum Gasteiger partial charge on any atom is -0.480 e. The molecule has 2 aromatic heterocycles. The smallest absolute Gasteiger partial charge is 0.319 e. The molecule has 3 heterocycles. The fraction of sp³-hybridized carbons (Fsp3) is 0.292. The second-order valence-corrected chi connectivity index (χ2v) is 8.30. The fourth-order valence-corrected chi connectivity index (χ4v) is 4.42. The van der Waals surface area contributed by atoms with Gasteiger partial charge in [0, 0.05) is 41.6 Å². The molecule has 0 radical (unpaired) electrons. The van der Waals surface area contributed by atoms with Gasteiger partial charge in [0.1, 0.15) is 0 Å². The second kappa shape index (κ2) is 8.67. The first-order valence-electron chi connectivity index (χ1n) is 10.2. The second-order valence-electron chi connectivity index (χ2n) is 7.86. The number of methoxy groups -OCH3 is 2. The number of aryl methyl sites for hydroxylation is 2. The Morgan fingerprint density at radius 3 is 2.44 bits per heavy atom. The highest BCUT2D eigenvalue weighted by Gasteiger charge is 2.36. The molecular formula is C24H25ClN4O3. The Kier molecular flexibility index (Phi) is 5.93. The van der Waals surface area contributed by atoms with Crippen molar-refractivity contribution >= 4 is 17.3 Å². The summed E-state index contributed by atoms with van der Waals surface area (Å²) in [5.41, 5.74) is 5.54. The summed E-state index contributed by atoms with van der Waals surface area (Å²) in [6.07, 6.45) is 3.58. The number of benzene rings is 1. The van der Waals surface area contributed by atoms with E-state index >= 15 is 0 Å². The van der Waals surface area contributed by atoms with Crippen LogP contribution in [0.1, 0.15) is 41.1 Å². The molecule has 0 fully saturated rings. The first kappa shape index (κ1) is 21.9. The van der Waals surface area contributed by atoms with Crippen molar-refractivity contribution < 1.29 is 9.47 Å². The third-order valence-corrected chi connectivity index (χ3v) is 6.09. The first-order valence-corrected chi connectivity index (χ1v) is 10.6. The van der Waals surface area contributed by atoms with E-state index in [1.807, 2.05) is 43.5 Å². The maximum absolute atomic E-state index is 12.3. The molecule has 0 amide bonds. The Hall–Kier alpha value is -3.32. The van der Waals surface area contributed by atoms with Crippen molar-refractivity contribution in [1.82, 2.24) is 19.9 Å². The average molecular weight is 453 g/mol. The Bertz CT molecular complexity index is 1220. The van der Waals surface area contributed by atoms with E-state index < -0.39 is 0 Å². The fourth-order valence-electron chi connectivity index (χ4n) is 4.29. The molecule has 1 aliphatic rings. The van der Waals surface area contributed by atoms with Gasteiger partial charge in [-0.15, -0.1) is 0 Å². The molecule has 8 heteroatoms. The number of aromatic nitrogens is 3. The molecule has 1 aliphatic heterocycles. The van der Waals surface area contributed by atoms with Gasteiger partial charge in [-0.1, -0.05) is 23.7 Å². The summed E-state index contributed by atoms with van der Waals surface area (Å²) in [6, 6.07) is 9.92. The standard InChI is InChI=1S/C24H25ClN4O3/c1-13-10-16(12-29(3)23(13)30)21-19(15-6-8-17(25)9-7-15)14(2)20(27-21)18-11-26-24(32-5)28-22(18)31-4/h6-12,19,21,27H,1-5H3. The summed E-state index contributed by atoms with van der Waals surface area (Å²) in [6.45, 7) is 3.92. The van der Waals surface area contributed by atoms with Gasteiger partial charge in [0.15, 0.2) is 0 Å². The van der Waals surface area contributed by atoms with Gasteiger partial charge in [-0.25, -0.2) is 4.98 Å². The highest BCUT2D eigenvalue weighted by Crippen LogP contribution is 2.47. The molecule has 2 unspecified atom stereocenters. The van der Waals surface area contributed by atoms with Crippen LogP contribution in [-0.2, 0) is 7.05 Å². The molecule has 7 nitrogen and oxygen atoms in total. The molecule has 0 saturated heterocycles. The quantitative estimate of drug-likeness (QED) is 0.630. The number of nitrogens with one attached hydrogen (secondary N) is 1. The zero-order chi connectivity index (χ0) is 23.0. The number of pyridine rings is 1. The van der Waals surface area contributed by atoms with Gasteiger partial charge in [0.25, 0.3) is 5.56 Å². The van der Waals surface area contributed by atoms with E-state index in [9.17, 15) is 4.79 Å². The largest absolute Gasteiger partial charge is 0.480 e. The Morgan fingerprint density at radius 2 is 1.81 bits per heavy atom. The molecule has 0 saturated carbocycles. The van der Waals surface area contributed by atoms with Crippen LogP contribution in [0.3, 0.4) is 0 Å². The third kappa shape index (κ3) is 3.84. The van der Waals surface area contributed by atoms with E-state index in [1.165, 1.54) is 7.11 Å². The summed E-state index contributed by atoms with van der Waals surface area (Å²) in [5.74, 6) is 0.428. The van der Waals surface area contributed by atoms with Crippen molar-refractivity contribution in [2.24, 2.45) is 7.05 Å². The Balaban J connectivity index is 1.88. The van der Waals surface area contributed by atoms with Crippen LogP contribution in [0, 0.1) is 6.92 Å². The molecule has 0 aliphatic carbocycles. The van der Waals surface area contributed by atoms with E-state index in [-0.39, 0.29) is 23.5 Å². The van der Waals surface area contributed by atoms with Crippen molar-refractivity contribution in [3.63, 3.8) is 0 Å². The number of nitrogens with zero attached hydrogens (tertiary/aromatic N) is 3. The summed E-state index contributed by atoms with van der Waals surface area (Å²) in [4.78, 5) is 20.9. The minimum absolute atomic E-state index is 0.00553. The van der Waals surface area contributed by atoms with Crippen LogP contribution in [-0.4, -0.2) is 28.8 Å². The van der Waals surface area contributed by atoms with Gasteiger partial charge in [0.05, 0.1) is 25.8 Å². The summed E-state index contributed by atoms with van der Waals surface area (Å²) in [5, 5.41) is 4.33. The minimum atomic E-state index is -0.108. The molecular weight excluding hydrogens is 428 g/mol. The number of halogens is 1. The van der Waals surface area contributed by atoms with Crippen LogP contribution in [0.15, 0.2) is 53.1 Å². The van der Waals surface area contributed by atoms with Gasteiger partial charge in [-0.2, -0.15) is 4.98 Å². The molecule has 3 aromatic rings. The van der Waals surface area contributed by atoms with E-state index in [4.69, 9.17) is 21.1 Å². The van der Waals surface area contributed by atoms with Gasteiger partial charge in [-0.05, 0) is 48.7 Å². The maximum Gasteiger partial charge on any atom is 0.319 e. The lowest BCUT2D eigenvalue weighted by atomic mass is 9.84. The highest BCUT2D eigenvalue weighted by atomic mass is 35.5. The lowest BCUT2D eigenvalue weighted by Gasteiger charge is -2.24. The van der Waals surface area contributed by atoms with E-state index in [0.717, 1.165) is 28.0 Å². The van der Waals surface area contributed by atoms with Crippen molar-refractivity contribution in [1.29, 1.82) is 0 Å². The third-order valence-electron chi connectivity index (χ3n) is 5.84. The number of hydrogen-bond donors (Lipinski definition) is 1. The predicted octanol–water partition coefficient (Wildman–Crippen LogP) is 4.01. The van der Waals surface area contributed by atoms with Crippen LogP contribution >= 0.6 is 11.6 Å². The number of hydrogen-bond acceptors (Lipinski definition) is 6. The Labute approximate surface area is 191 Å². The van der Waals surface area contributed by atoms with Gasteiger partial charge in [0.2, 0.25) is 5.88 Å². The Morgan fingerprint density at radius 1 is 1.09 bits per heavy atom. The van der Waals surface area contributed by atoms with Crippen molar-refractivity contribution in [2.75, 3.05) is 14.2 Å². The molecule has 0 spiro atoms. The number of rotatable bonds is 5. The van der Waals surface area contributed by atoms with E-state index in [1.54, 1.807) is 24.9 Å². The topological polar surface area (TPSA) is 78.3 Å². The average Bonchev–Trinajstić information content (AvgIpc) is 3.14. The van der Waals surface area contributed by atoms with Crippen LogP contribution in [0.4, 0.5) is 0 Å². The van der Waals surface area contributed by atoms with Gasteiger partial charge in [-0.3, -0.25) is 4.79 Å². The molecule has 2 atom stereocenters. The van der Waals surface area contributed by atoms with Crippen molar-refractivity contribution in [2.45, 2.75) is 25.8 Å². The normalized spacial score (nSPS) is 17.9. The maximum atomic E-state index is 12.3. The van der Waals surface area contributed by atoms with Crippen molar-refractivity contribution in [3.8, 4) is 11.9 Å². The van der Waals surface area contributed by atoms with Crippen LogP contribution in [0.2, 0.25) is 5.02 Å². The van der Waals surface area contributed by atoms with E-state index in [2.05, 4.69) is 22.2 Å². The monoisotopic (exact) mass is 452 g/mol. The molecule has 1 aromatic carbocycles. The molecule has 1 N–H and O–H groups in total. The van der Waals surface area contributed by atoms with E-state index in [0.29, 0.717) is 16.5 Å². The van der Waals surface area contributed by atoms with Gasteiger partial charge >= 0.3 is 6.01 Å². The molecule has 32 heavy (non-hydrogen) atoms. The first-order chi connectivity index (χ1) is 15.3. The zero-order valence-electron chi connectivity index (χ0n) is 18.6. The van der Waals surface area contributed by atoms with Crippen LogP contribution in [0.25, 0.3) is 5.70 Å². The van der Waals surface area contributed by atoms with Crippen LogP contribution in [0.5, 0.6) is 11.9 Å². The zero-order valence-corrected chi connectivity index (χ0v) is 19.4. The summed E-state index contributed by atoms with van der Waals surface area (Å²) >= 11 is 6.15.